The molecule has 2 heterocycles. The van der Waals surface area contributed by atoms with E-state index < -0.39 is 72.8 Å². The van der Waals surface area contributed by atoms with Gasteiger partial charge in [-0.1, -0.05) is 18.2 Å². The number of phenolic OH excluding ortho intramolecular Hbond substituents is 1. The number of aliphatic hydroxyl groups is 6. The Morgan fingerprint density at radius 1 is 1.14 bits per heavy atom. The van der Waals surface area contributed by atoms with E-state index in [1.54, 1.807) is 18.2 Å². The molecule has 10 atom stereocenters. The van der Waals surface area contributed by atoms with Crippen molar-refractivity contribution in [2.75, 3.05) is 6.61 Å². The molecule has 2 aliphatic heterocycles. The van der Waals surface area contributed by atoms with E-state index in [-0.39, 0.29) is 12.2 Å². The lowest BCUT2D eigenvalue weighted by Crippen LogP contribution is -2.62. The van der Waals surface area contributed by atoms with E-state index in [2.05, 4.69) is 0 Å². The number of phenols is 1. The third-order valence-electron chi connectivity index (χ3n) is 6.89. The van der Waals surface area contributed by atoms with Crippen LogP contribution in [0.5, 0.6) is 5.75 Å². The predicted octanol–water partition coefficient (Wildman–Crippen LogP) is -1.49. The highest BCUT2D eigenvalue weighted by Crippen LogP contribution is 2.51. The van der Waals surface area contributed by atoms with Gasteiger partial charge in [0.2, 0.25) is 6.29 Å². The molecule has 1 aliphatic carbocycles. The molecule has 0 spiro atoms. The van der Waals surface area contributed by atoms with Crippen molar-refractivity contribution in [3.8, 4) is 5.75 Å². The summed E-state index contributed by atoms with van der Waals surface area (Å²) in [4.78, 5) is 12.7. The smallest absolute Gasteiger partial charge is 0.331 e. The summed E-state index contributed by atoms with van der Waals surface area (Å²) in [5.74, 6) is -2.10. The van der Waals surface area contributed by atoms with Crippen molar-refractivity contribution in [3.63, 3.8) is 0 Å². The highest BCUT2D eigenvalue weighted by atomic mass is 16.8. The third kappa shape index (κ3) is 4.74. The number of carbonyl (C=O) groups is 1. The van der Waals surface area contributed by atoms with E-state index in [1.807, 2.05) is 0 Å². The minimum atomic E-state index is -1.95. The second kappa shape index (κ2) is 10.1. The van der Waals surface area contributed by atoms with Crippen LogP contribution < -0.4 is 0 Å². The Kier molecular flexibility index (Phi) is 7.42. The number of hydrogen-bond acceptors (Lipinski definition) is 12. The number of hydrogen-bond donors (Lipinski definition) is 7. The number of aromatic hydroxyl groups is 1. The third-order valence-corrected chi connectivity index (χ3v) is 6.89. The molecule has 12 nitrogen and oxygen atoms in total. The van der Waals surface area contributed by atoms with Crippen LogP contribution in [0.3, 0.4) is 0 Å². The summed E-state index contributed by atoms with van der Waals surface area (Å²) in [6.07, 6.45) is -6.23. The van der Waals surface area contributed by atoms with Crippen molar-refractivity contribution in [3.05, 3.63) is 48.2 Å². The molecule has 0 aromatic heterocycles. The first-order valence-corrected chi connectivity index (χ1v) is 11.4. The van der Waals surface area contributed by atoms with Crippen molar-refractivity contribution in [1.82, 2.24) is 0 Å². The van der Waals surface area contributed by atoms with Gasteiger partial charge in [0.1, 0.15) is 41.4 Å². The number of benzene rings is 1. The van der Waals surface area contributed by atoms with Gasteiger partial charge in [0.15, 0.2) is 6.29 Å². The molecule has 3 aliphatic rings. The fraction of sp³-hybridized carbons (Fsp3) is 0.542. The van der Waals surface area contributed by atoms with Crippen LogP contribution in [0.15, 0.2) is 42.7 Å². The summed E-state index contributed by atoms with van der Waals surface area (Å²) in [6, 6.07) is 6.33. The minimum Gasteiger partial charge on any atom is -0.507 e. The first-order valence-electron chi connectivity index (χ1n) is 11.4. The molecule has 7 N–H and O–H groups in total. The Morgan fingerprint density at radius 2 is 1.86 bits per heavy atom. The van der Waals surface area contributed by atoms with Crippen LogP contribution in [0.4, 0.5) is 0 Å². The number of esters is 1. The zero-order chi connectivity index (χ0) is 26.3. The fourth-order valence-corrected chi connectivity index (χ4v) is 4.97. The van der Waals surface area contributed by atoms with Gasteiger partial charge < -0.3 is 54.7 Å². The Balaban J connectivity index is 1.56. The number of carbonyl (C=O) groups excluding carboxylic acids is 1. The maximum absolute atomic E-state index is 12.7. The molecule has 1 saturated heterocycles. The number of para-hydroxylation sites is 1. The normalized spacial score (nSPS) is 42.2. The van der Waals surface area contributed by atoms with E-state index in [0.29, 0.717) is 5.56 Å². The Morgan fingerprint density at radius 3 is 2.56 bits per heavy atom. The SMILES string of the molecule is C[C@]1(OC(=O)/C=C/c2ccccc2O)C[C@@H](O)[C@]2(O)C=CO[C@@H](O[C@@H]3O[C@H](CO)[C@@H](O)[C@H](O)[C@H]3O)C12. The van der Waals surface area contributed by atoms with Gasteiger partial charge in [-0.3, -0.25) is 0 Å². The summed E-state index contributed by atoms with van der Waals surface area (Å²) < 4.78 is 22.2. The van der Waals surface area contributed by atoms with Crippen LogP contribution in [-0.4, -0.2) is 103 Å². The van der Waals surface area contributed by atoms with Gasteiger partial charge in [-0.25, -0.2) is 4.79 Å². The van der Waals surface area contributed by atoms with Crippen molar-refractivity contribution in [1.29, 1.82) is 0 Å². The number of fused-ring (bicyclic) bond motifs is 1. The molecular weight excluding hydrogens is 480 g/mol. The first-order chi connectivity index (χ1) is 17.0. The van der Waals surface area contributed by atoms with Crippen LogP contribution in [0, 0.1) is 5.92 Å². The van der Waals surface area contributed by atoms with Gasteiger partial charge in [-0.05, 0) is 25.1 Å². The molecule has 1 unspecified atom stereocenters. The molecule has 198 valence electrons. The predicted molar refractivity (Wildman–Crippen MR) is 120 cm³/mol. The van der Waals surface area contributed by atoms with E-state index >= 15 is 0 Å². The van der Waals surface area contributed by atoms with Gasteiger partial charge in [-0.2, -0.15) is 0 Å². The maximum atomic E-state index is 12.7. The molecule has 12 heteroatoms. The number of rotatable bonds is 6. The molecule has 2 fully saturated rings. The maximum Gasteiger partial charge on any atom is 0.331 e. The molecule has 0 bridgehead atoms. The van der Waals surface area contributed by atoms with Crippen LogP contribution >= 0.6 is 0 Å². The first kappa shape index (κ1) is 26.5. The van der Waals surface area contributed by atoms with Gasteiger partial charge in [0, 0.05) is 18.1 Å². The second-order valence-electron chi connectivity index (χ2n) is 9.35. The average Bonchev–Trinajstić information content (AvgIpc) is 3.04. The fourth-order valence-electron chi connectivity index (χ4n) is 4.97. The van der Waals surface area contributed by atoms with E-state index in [1.165, 1.54) is 25.1 Å². The highest BCUT2D eigenvalue weighted by Gasteiger charge is 2.66. The van der Waals surface area contributed by atoms with Crippen molar-refractivity contribution in [2.24, 2.45) is 5.92 Å². The van der Waals surface area contributed by atoms with Crippen molar-refractivity contribution in [2.45, 2.75) is 67.6 Å². The van der Waals surface area contributed by atoms with Crippen LogP contribution in [0.2, 0.25) is 0 Å². The number of aliphatic hydroxyl groups excluding tert-OH is 5. The van der Waals surface area contributed by atoms with E-state index in [0.717, 1.165) is 12.3 Å². The summed E-state index contributed by atoms with van der Waals surface area (Å²) >= 11 is 0. The van der Waals surface area contributed by atoms with Gasteiger partial charge in [0.05, 0.1) is 24.9 Å². The minimum absolute atomic E-state index is 0.0442. The monoisotopic (exact) mass is 510 g/mol. The quantitative estimate of drug-likeness (QED) is 0.173. The topological polar surface area (TPSA) is 196 Å². The molecule has 0 amide bonds. The molecule has 1 aromatic rings. The molecule has 1 aromatic carbocycles. The lowest BCUT2D eigenvalue weighted by atomic mass is 9.81. The van der Waals surface area contributed by atoms with Crippen LogP contribution in [0.1, 0.15) is 18.9 Å². The van der Waals surface area contributed by atoms with E-state index in [4.69, 9.17) is 18.9 Å². The Bertz CT molecular complexity index is 1010. The van der Waals surface area contributed by atoms with Crippen molar-refractivity contribution >= 4 is 12.0 Å². The van der Waals surface area contributed by atoms with Gasteiger partial charge in [0.25, 0.3) is 0 Å². The lowest BCUT2D eigenvalue weighted by molar-refractivity contribution is -0.351. The average molecular weight is 510 g/mol. The molecule has 1 saturated carbocycles. The largest absolute Gasteiger partial charge is 0.507 e. The van der Waals surface area contributed by atoms with Crippen LogP contribution in [0.25, 0.3) is 6.08 Å². The number of ether oxygens (including phenoxy) is 4. The lowest BCUT2D eigenvalue weighted by Gasteiger charge is -2.45. The summed E-state index contributed by atoms with van der Waals surface area (Å²) in [6.45, 7) is 0.789. The second-order valence-corrected chi connectivity index (χ2v) is 9.35. The molecule has 0 radical (unpaired) electrons. The van der Waals surface area contributed by atoms with Crippen LogP contribution in [-0.2, 0) is 23.7 Å². The Labute approximate surface area is 206 Å². The summed E-state index contributed by atoms with van der Waals surface area (Å²) in [7, 11) is 0. The molecular formula is C24H30O12. The standard InChI is InChI=1S/C24H30O12/c1-23(36-16(28)7-6-12-4-2-3-5-13(12)26)10-15(27)24(32)8-9-33-22(20(23)24)35-21-19(31)18(30)17(29)14(11-25)34-21/h2-9,14-15,17-22,25-27,29-32H,10-11H2,1H3/b7-6+/t14-,15-,17-,18+,19-,20?,21+,22+,23+,24-/m1/s1. The zero-order valence-corrected chi connectivity index (χ0v) is 19.3. The molecule has 4 rings (SSSR count). The van der Waals surface area contributed by atoms with Gasteiger partial charge in [-0.15, -0.1) is 0 Å². The Hall–Kier alpha value is -2.55. The highest BCUT2D eigenvalue weighted by molar-refractivity contribution is 5.88. The summed E-state index contributed by atoms with van der Waals surface area (Å²) in [5.41, 5.74) is -3.12. The van der Waals surface area contributed by atoms with E-state index in [9.17, 15) is 40.5 Å². The molecule has 36 heavy (non-hydrogen) atoms. The van der Waals surface area contributed by atoms with Gasteiger partial charge >= 0.3 is 5.97 Å². The van der Waals surface area contributed by atoms with Crippen molar-refractivity contribution < 1.29 is 59.5 Å². The zero-order valence-electron chi connectivity index (χ0n) is 19.3. The summed E-state index contributed by atoms with van der Waals surface area (Å²) in [5, 5.41) is 71.6.